The fourth-order valence-electron chi connectivity index (χ4n) is 5.59. The first-order chi connectivity index (χ1) is 21.6. The Labute approximate surface area is 258 Å². The third-order valence-electron chi connectivity index (χ3n) is 7.94. The molecule has 1 aliphatic carbocycles. The highest BCUT2D eigenvalue weighted by Gasteiger charge is 2.24. The second-order valence-corrected chi connectivity index (χ2v) is 10.8. The van der Waals surface area contributed by atoms with Gasteiger partial charge in [-0.2, -0.15) is 0 Å². The van der Waals surface area contributed by atoms with Crippen LogP contribution in [0.15, 0.2) is 121 Å². The van der Waals surface area contributed by atoms with Gasteiger partial charge in [0.25, 0.3) is 0 Å². The molecule has 6 rings (SSSR count). The third-order valence-corrected chi connectivity index (χ3v) is 7.94. The molecule has 0 amide bonds. The van der Waals surface area contributed by atoms with E-state index in [0.717, 1.165) is 44.5 Å². The van der Waals surface area contributed by atoms with Crippen molar-refractivity contribution in [2.75, 3.05) is 20.3 Å². The molecule has 5 nitrogen and oxygen atoms in total. The fraction of sp³-hybridized carbons (Fsp3) is 0.154. The van der Waals surface area contributed by atoms with Crippen LogP contribution in [0, 0.1) is 0 Å². The SMILES string of the molecule is COC(Cc1ccc(OCCOC2c3ccc(-c4ccccc4)cc3C=Cc3ccc(-c4ccccc4)cc32)cc1)C(=O)O. The molecule has 1 N–H and O–H groups in total. The summed E-state index contributed by atoms with van der Waals surface area (Å²) in [4.78, 5) is 11.3. The molecule has 220 valence electrons. The normalized spacial score (nSPS) is 14.2. The van der Waals surface area contributed by atoms with Gasteiger partial charge in [0.15, 0.2) is 6.10 Å². The number of carbonyl (C=O) groups is 1. The van der Waals surface area contributed by atoms with Crippen LogP contribution < -0.4 is 4.74 Å². The molecule has 0 aromatic heterocycles. The fourth-order valence-corrected chi connectivity index (χ4v) is 5.59. The predicted octanol–water partition coefficient (Wildman–Crippen LogP) is 8.33. The van der Waals surface area contributed by atoms with E-state index in [-0.39, 0.29) is 6.10 Å². The molecule has 0 heterocycles. The smallest absolute Gasteiger partial charge is 0.333 e. The summed E-state index contributed by atoms with van der Waals surface area (Å²) in [6.45, 7) is 0.746. The monoisotopic (exact) mass is 582 g/mol. The van der Waals surface area contributed by atoms with Gasteiger partial charge < -0.3 is 19.3 Å². The van der Waals surface area contributed by atoms with E-state index in [1.165, 1.54) is 12.7 Å². The lowest BCUT2D eigenvalue weighted by Gasteiger charge is -2.22. The quantitative estimate of drug-likeness (QED) is 0.159. The first-order valence-electron chi connectivity index (χ1n) is 14.7. The maximum absolute atomic E-state index is 11.3. The number of hydrogen-bond acceptors (Lipinski definition) is 4. The third kappa shape index (κ3) is 6.65. The standard InChI is InChI=1S/C39H34O5/c1-42-37(39(40)41)24-27-12-19-34(20-13-27)43-22-23-44-38-35-21-18-31(28-8-4-2-5-9-28)25-33(35)17-15-30-14-16-32(26-36(30)38)29-10-6-3-7-11-29/h2-21,25-26,37-38H,22-24H2,1H3,(H,40,41). The summed E-state index contributed by atoms with van der Waals surface area (Å²) in [5, 5.41) is 9.25. The van der Waals surface area contributed by atoms with Gasteiger partial charge in [-0.25, -0.2) is 4.79 Å². The maximum Gasteiger partial charge on any atom is 0.333 e. The number of aliphatic carboxylic acids is 1. The summed E-state index contributed by atoms with van der Waals surface area (Å²) in [6.07, 6.45) is 3.50. The van der Waals surface area contributed by atoms with Crippen LogP contribution >= 0.6 is 0 Å². The Balaban J connectivity index is 1.23. The Kier molecular flexibility index (Phi) is 8.97. The minimum absolute atomic E-state index is 0.281. The number of ether oxygens (including phenoxy) is 3. The first kappa shape index (κ1) is 29.1. The van der Waals surface area contributed by atoms with E-state index in [2.05, 4.69) is 97.1 Å². The number of carboxylic acid groups (broad SMARTS) is 1. The van der Waals surface area contributed by atoms with E-state index in [4.69, 9.17) is 14.2 Å². The molecule has 5 aromatic carbocycles. The summed E-state index contributed by atoms with van der Waals surface area (Å²) in [5.41, 5.74) is 9.99. The van der Waals surface area contributed by atoms with Crippen LogP contribution in [-0.4, -0.2) is 37.5 Å². The van der Waals surface area contributed by atoms with Gasteiger partial charge >= 0.3 is 5.97 Å². The van der Waals surface area contributed by atoms with Crippen molar-refractivity contribution in [2.24, 2.45) is 0 Å². The minimum Gasteiger partial charge on any atom is -0.491 e. The van der Waals surface area contributed by atoms with E-state index >= 15 is 0 Å². The van der Waals surface area contributed by atoms with Crippen molar-refractivity contribution in [3.8, 4) is 28.0 Å². The Hall–Kier alpha value is -4.97. The van der Waals surface area contributed by atoms with Crippen molar-refractivity contribution in [3.05, 3.63) is 149 Å². The molecule has 2 atom stereocenters. The molecule has 0 saturated heterocycles. The molecule has 2 unspecified atom stereocenters. The number of hydrogen-bond donors (Lipinski definition) is 1. The molecule has 0 spiro atoms. The number of carboxylic acids is 1. The van der Waals surface area contributed by atoms with E-state index in [9.17, 15) is 9.90 Å². The second kappa shape index (κ2) is 13.6. The van der Waals surface area contributed by atoms with E-state index in [0.29, 0.717) is 25.4 Å². The zero-order valence-corrected chi connectivity index (χ0v) is 24.6. The van der Waals surface area contributed by atoms with Crippen molar-refractivity contribution < 1.29 is 24.1 Å². The highest BCUT2D eigenvalue weighted by molar-refractivity contribution is 5.81. The van der Waals surface area contributed by atoms with Gasteiger partial charge in [-0.05, 0) is 74.3 Å². The van der Waals surface area contributed by atoms with Crippen LogP contribution in [0.25, 0.3) is 34.4 Å². The zero-order valence-electron chi connectivity index (χ0n) is 24.6. The number of methoxy groups -OCH3 is 1. The van der Waals surface area contributed by atoms with Gasteiger partial charge in [-0.15, -0.1) is 0 Å². The Morgan fingerprint density at radius 2 is 1.32 bits per heavy atom. The second-order valence-electron chi connectivity index (χ2n) is 10.8. The van der Waals surface area contributed by atoms with Gasteiger partial charge in [-0.3, -0.25) is 0 Å². The highest BCUT2D eigenvalue weighted by atomic mass is 16.5. The van der Waals surface area contributed by atoms with Gasteiger partial charge in [0.1, 0.15) is 18.5 Å². The zero-order chi connectivity index (χ0) is 30.3. The van der Waals surface area contributed by atoms with E-state index in [1.54, 1.807) is 0 Å². The lowest BCUT2D eigenvalue weighted by Crippen LogP contribution is -2.24. The lowest BCUT2D eigenvalue weighted by atomic mass is 9.91. The van der Waals surface area contributed by atoms with E-state index in [1.807, 2.05) is 36.4 Å². The molecule has 1 aliphatic rings. The number of benzene rings is 5. The summed E-state index contributed by atoms with van der Waals surface area (Å²) in [7, 11) is 1.40. The Morgan fingerprint density at radius 3 is 1.98 bits per heavy atom. The molecule has 0 bridgehead atoms. The van der Waals surface area contributed by atoms with Gasteiger partial charge in [0.2, 0.25) is 0 Å². The maximum atomic E-state index is 11.3. The molecule has 44 heavy (non-hydrogen) atoms. The van der Waals surface area contributed by atoms with Crippen LogP contribution in [0.4, 0.5) is 0 Å². The largest absolute Gasteiger partial charge is 0.491 e. The minimum atomic E-state index is -0.978. The highest BCUT2D eigenvalue weighted by Crippen LogP contribution is 2.39. The molecular formula is C39H34O5. The van der Waals surface area contributed by atoms with Crippen molar-refractivity contribution in [3.63, 3.8) is 0 Å². The average Bonchev–Trinajstić information content (AvgIpc) is 3.22. The number of rotatable bonds is 11. The Bertz CT molecular complexity index is 1740. The van der Waals surface area contributed by atoms with Crippen LogP contribution in [-0.2, 0) is 20.7 Å². The first-order valence-corrected chi connectivity index (χ1v) is 14.7. The molecule has 0 saturated carbocycles. The van der Waals surface area contributed by atoms with Gasteiger partial charge in [-0.1, -0.05) is 109 Å². The molecule has 5 aromatic rings. The van der Waals surface area contributed by atoms with Crippen LogP contribution in [0.3, 0.4) is 0 Å². The summed E-state index contributed by atoms with van der Waals surface area (Å²) in [5.74, 6) is -0.280. The van der Waals surface area contributed by atoms with Crippen LogP contribution in [0.1, 0.15) is 33.9 Å². The molecule has 5 heteroatoms. The van der Waals surface area contributed by atoms with Crippen molar-refractivity contribution in [2.45, 2.75) is 18.6 Å². The molecule has 0 radical (unpaired) electrons. The molecular weight excluding hydrogens is 548 g/mol. The van der Waals surface area contributed by atoms with Crippen molar-refractivity contribution >= 4 is 18.1 Å². The predicted molar refractivity (Wildman–Crippen MR) is 175 cm³/mol. The summed E-state index contributed by atoms with van der Waals surface area (Å²) in [6, 6.07) is 41.4. The Morgan fingerprint density at radius 1 is 0.682 bits per heavy atom. The number of fused-ring (bicyclic) bond motifs is 2. The van der Waals surface area contributed by atoms with Crippen molar-refractivity contribution in [1.29, 1.82) is 0 Å². The van der Waals surface area contributed by atoms with Crippen LogP contribution in [0.5, 0.6) is 5.75 Å². The summed E-state index contributed by atoms with van der Waals surface area (Å²) >= 11 is 0. The molecule has 0 aliphatic heterocycles. The van der Waals surface area contributed by atoms with Gasteiger partial charge in [0.05, 0.1) is 6.61 Å². The van der Waals surface area contributed by atoms with E-state index < -0.39 is 12.1 Å². The average molecular weight is 583 g/mol. The lowest BCUT2D eigenvalue weighted by molar-refractivity contribution is -0.148. The van der Waals surface area contributed by atoms with Crippen LogP contribution in [0.2, 0.25) is 0 Å². The topological polar surface area (TPSA) is 65.0 Å². The van der Waals surface area contributed by atoms with Gasteiger partial charge in [0, 0.05) is 13.5 Å². The summed E-state index contributed by atoms with van der Waals surface area (Å²) < 4.78 is 17.7. The molecule has 0 fully saturated rings. The van der Waals surface area contributed by atoms with Crippen molar-refractivity contribution in [1.82, 2.24) is 0 Å².